The summed E-state index contributed by atoms with van der Waals surface area (Å²) in [4.78, 5) is 6.07. The van der Waals surface area contributed by atoms with Gasteiger partial charge in [0.2, 0.25) is 0 Å². The predicted molar refractivity (Wildman–Crippen MR) is 65.2 cm³/mol. The van der Waals surface area contributed by atoms with E-state index in [1.807, 2.05) is 11.3 Å². The summed E-state index contributed by atoms with van der Waals surface area (Å²) in [5.41, 5.74) is 6.98. The van der Waals surface area contributed by atoms with Crippen LogP contribution in [0.2, 0.25) is 0 Å². The number of aromatic nitrogens is 1. The normalized spacial score (nSPS) is 18.3. The molecule has 1 aliphatic carbocycles. The molecule has 2 N–H and O–H groups in total. The van der Waals surface area contributed by atoms with Crippen molar-refractivity contribution in [2.24, 2.45) is 5.73 Å². The lowest BCUT2D eigenvalue weighted by Gasteiger charge is -2.18. The lowest BCUT2D eigenvalue weighted by atomic mass is 9.90. The van der Waals surface area contributed by atoms with Gasteiger partial charge in [0.1, 0.15) is 0 Å². The maximum Gasteiger partial charge on any atom is 0.0962 e. The number of hydrogen-bond donors (Lipinski definition) is 1. The van der Waals surface area contributed by atoms with Crippen molar-refractivity contribution in [3.05, 3.63) is 15.6 Å². The first-order valence-corrected chi connectivity index (χ1v) is 6.85. The number of nitrogens with two attached hydrogens (primary N) is 1. The zero-order valence-electron chi connectivity index (χ0n) is 9.46. The second-order valence-corrected chi connectivity index (χ2v) is 5.43. The van der Waals surface area contributed by atoms with Gasteiger partial charge < -0.3 is 5.73 Å². The summed E-state index contributed by atoms with van der Waals surface area (Å²) < 4.78 is 0. The fourth-order valence-corrected chi connectivity index (χ4v) is 3.56. The Kier molecular flexibility index (Phi) is 3.76. The van der Waals surface area contributed by atoms with Gasteiger partial charge in [-0.3, -0.25) is 0 Å². The van der Waals surface area contributed by atoms with Gasteiger partial charge in [-0.15, -0.1) is 11.3 Å². The van der Waals surface area contributed by atoms with Gasteiger partial charge in [-0.25, -0.2) is 4.98 Å². The van der Waals surface area contributed by atoms with Crippen LogP contribution in [0.4, 0.5) is 0 Å². The van der Waals surface area contributed by atoms with E-state index in [-0.39, 0.29) is 0 Å². The Balaban J connectivity index is 2.16. The van der Waals surface area contributed by atoms with E-state index in [0.717, 1.165) is 12.3 Å². The van der Waals surface area contributed by atoms with Crippen molar-refractivity contribution >= 4 is 11.3 Å². The standard InChI is InChI=1S/C12H20N2S/c1-2-10-11(8-13)15-12(14-10)9-6-4-3-5-7-9/h9H,2-8,13H2,1H3. The Bertz CT molecular complexity index is 292. The van der Waals surface area contributed by atoms with Crippen molar-refractivity contribution in [1.29, 1.82) is 0 Å². The molecule has 0 aromatic carbocycles. The molecule has 1 saturated carbocycles. The van der Waals surface area contributed by atoms with Gasteiger partial charge in [0.15, 0.2) is 0 Å². The van der Waals surface area contributed by atoms with Gasteiger partial charge in [0.05, 0.1) is 10.7 Å². The molecule has 0 amide bonds. The minimum absolute atomic E-state index is 0.660. The van der Waals surface area contributed by atoms with Crippen molar-refractivity contribution in [3.8, 4) is 0 Å². The highest BCUT2D eigenvalue weighted by Gasteiger charge is 2.20. The molecule has 3 heteroatoms. The van der Waals surface area contributed by atoms with Crippen LogP contribution in [-0.2, 0) is 13.0 Å². The van der Waals surface area contributed by atoms with E-state index in [2.05, 4.69) is 6.92 Å². The average molecular weight is 224 g/mol. The molecule has 1 aromatic rings. The van der Waals surface area contributed by atoms with Crippen LogP contribution >= 0.6 is 11.3 Å². The van der Waals surface area contributed by atoms with Gasteiger partial charge in [-0.05, 0) is 19.3 Å². The van der Waals surface area contributed by atoms with Crippen LogP contribution in [0.15, 0.2) is 0 Å². The highest BCUT2D eigenvalue weighted by Crippen LogP contribution is 2.35. The zero-order chi connectivity index (χ0) is 10.7. The minimum Gasteiger partial charge on any atom is -0.326 e. The van der Waals surface area contributed by atoms with Gasteiger partial charge >= 0.3 is 0 Å². The van der Waals surface area contributed by atoms with Crippen LogP contribution in [0, 0.1) is 0 Å². The molecule has 2 rings (SSSR count). The summed E-state index contributed by atoms with van der Waals surface area (Å²) >= 11 is 1.85. The Morgan fingerprint density at radius 2 is 2.07 bits per heavy atom. The molecular formula is C12H20N2S. The van der Waals surface area contributed by atoms with Gasteiger partial charge in [0.25, 0.3) is 0 Å². The first-order chi connectivity index (χ1) is 7.35. The Morgan fingerprint density at radius 1 is 1.33 bits per heavy atom. The Hall–Kier alpha value is -0.410. The molecule has 0 aliphatic heterocycles. The third kappa shape index (κ3) is 2.40. The topological polar surface area (TPSA) is 38.9 Å². The molecule has 84 valence electrons. The Morgan fingerprint density at radius 3 is 2.60 bits per heavy atom. The van der Waals surface area contributed by atoms with E-state index in [1.165, 1.54) is 47.7 Å². The number of nitrogens with zero attached hydrogens (tertiary/aromatic N) is 1. The van der Waals surface area contributed by atoms with E-state index in [1.54, 1.807) is 0 Å². The molecule has 0 saturated heterocycles. The molecule has 1 heterocycles. The summed E-state index contributed by atoms with van der Waals surface area (Å²) in [5.74, 6) is 0.731. The molecule has 1 aliphatic rings. The fourth-order valence-electron chi connectivity index (χ4n) is 2.36. The highest BCUT2D eigenvalue weighted by molar-refractivity contribution is 7.11. The quantitative estimate of drug-likeness (QED) is 0.856. The molecule has 1 fully saturated rings. The van der Waals surface area contributed by atoms with Crippen LogP contribution in [0.3, 0.4) is 0 Å². The van der Waals surface area contributed by atoms with E-state index in [9.17, 15) is 0 Å². The fraction of sp³-hybridized carbons (Fsp3) is 0.750. The summed E-state index contributed by atoms with van der Waals surface area (Å²) in [7, 11) is 0. The lowest BCUT2D eigenvalue weighted by Crippen LogP contribution is -2.04. The maximum atomic E-state index is 5.74. The summed E-state index contributed by atoms with van der Waals surface area (Å²) in [6, 6.07) is 0. The van der Waals surface area contributed by atoms with Crippen LogP contribution in [0.5, 0.6) is 0 Å². The smallest absolute Gasteiger partial charge is 0.0962 e. The van der Waals surface area contributed by atoms with Crippen LogP contribution < -0.4 is 5.73 Å². The third-order valence-corrected chi connectivity index (χ3v) is 4.55. The Labute approximate surface area is 95.9 Å². The molecule has 0 atom stereocenters. The van der Waals surface area contributed by atoms with E-state index >= 15 is 0 Å². The molecule has 0 radical (unpaired) electrons. The second kappa shape index (κ2) is 5.08. The summed E-state index contributed by atoms with van der Waals surface area (Å²) in [6.07, 6.45) is 7.86. The zero-order valence-corrected chi connectivity index (χ0v) is 10.3. The summed E-state index contributed by atoms with van der Waals surface area (Å²) in [5, 5.41) is 1.35. The molecule has 0 unspecified atom stereocenters. The van der Waals surface area contributed by atoms with Crippen molar-refractivity contribution in [3.63, 3.8) is 0 Å². The van der Waals surface area contributed by atoms with Crippen molar-refractivity contribution < 1.29 is 0 Å². The summed E-state index contributed by atoms with van der Waals surface area (Å²) in [6.45, 7) is 2.83. The van der Waals surface area contributed by atoms with Crippen LogP contribution in [0.1, 0.15) is 60.5 Å². The van der Waals surface area contributed by atoms with Gasteiger partial charge in [0, 0.05) is 17.3 Å². The van der Waals surface area contributed by atoms with E-state index in [0.29, 0.717) is 6.54 Å². The van der Waals surface area contributed by atoms with Gasteiger partial charge in [-0.2, -0.15) is 0 Å². The number of aryl methyl sites for hydroxylation is 1. The first kappa shape index (κ1) is 11.1. The SMILES string of the molecule is CCc1nc(C2CCCCC2)sc1CN. The monoisotopic (exact) mass is 224 g/mol. The average Bonchev–Trinajstić information content (AvgIpc) is 2.73. The van der Waals surface area contributed by atoms with Crippen molar-refractivity contribution in [1.82, 2.24) is 4.98 Å². The van der Waals surface area contributed by atoms with Crippen LogP contribution in [0.25, 0.3) is 0 Å². The molecule has 0 spiro atoms. The largest absolute Gasteiger partial charge is 0.326 e. The first-order valence-electron chi connectivity index (χ1n) is 6.03. The maximum absolute atomic E-state index is 5.74. The highest BCUT2D eigenvalue weighted by atomic mass is 32.1. The van der Waals surface area contributed by atoms with E-state index < -0.39 is 0 Å². The van der Waals surface area contributed by atoms with E-state index in [4.69, 9.17) is 10.7 Å². The lowest BCUT2D eigenvalue weighted by molar-refractivity contribution is 0.442. The molecule has 1 aromatic heterocycles. The van der Waals surface area contributed by atoms with Crippen molar-refractivity contribution in [2.75, 3.05) is 0 Å². The molecule has 15 heavy (non-hydrogen) atoms. The minimum atomic E-state index is 0.660. The third-order valence-electron chi connectivity index (χ3n) is 3.27. The van der Waals surface area contributed by atoms with Crippen molar-refractivity contribution in [2.45, 2.75) is 57.9 Å². The second-order valence-electron chi connectivity index (χ2n) is 4.31. The molecule has 2 nitrogen and oxygen atoms in total. The van der Waals surface area contributed by atoms with Gasteiger partial charge in [-0.1, -0.05) is 26.2 Å². The predicted octanol–water partition coefficient (Wildman–Crippen LogP) is 3.21. The number of thiazole rings is 1. The number of hydrogen-bond acceptors (Lipinski definition) is 3. The molecule has 0 bridgehead atoms. The molecular weight excluding hydrogens is 204 g/mol. The number of rotatable bonds is 3. The van der Waals surface area contributed by atoms with Crippen LogP contribution in [-0.4, -0.2) is 4.98 Å².